The van der Waals surface area contributed by atoms with Gasteiger partial charge in [-0.2, -0.15) is 0 Å². The Hall–Kier alpha value is -1.28. The Morgan fingerprint density at radius 2 is 2.06 bits per heavy atom. The molecule has 0 aromatic heterocycles. The maximum atomic E-state index is 9.76. The van der Waals surface area contributed by atoms with E-state index in [1.165, 1.54) is 11.1 Å². The highest BCUT2D eigenvalue weighted by molar-refractivity contribution is 5.38. The Morgan fingerprint density at radius 3 is 2.75 bits per heavy atom. The number of methoxy groups -OCH3 is 1. The van der Waals surface area contributed by atoms with Crippen LogP contribution in [-0.4, -0.2) is 18.3 Å². The number of rotatable bonds is 2. The second-order valence-electron chi connectivity index (χ2n) is 4.46. The van der Waals surface area contributed by atoms with Gasteiger partial charge in [0.15, 0.2) is 0 Å². The molecule has 0 amide bonds. The molecule has 0 bridgehead atoms. The molecule has 0 radical (unpaired) electrons. The standard InChI is InChI=1S/C14H18O2/c1-10-7-11(9-12(15)8-10)13-5-3-4-6-14(13)16-2/h3-6,8,11-12,15H,7,9H2,1-2H3. The fourth-order valence-electron chi connectivity index (χ4n) is 2.47. The van der Waals surface area contributed by atoms with Gasteiger partial charge in [-0.15, -0.1) is 0 Å². The van der Waals surface area contributed by atoms with E-state index in [-0.39, 0.29) is 6.10 Å². The van der Waals surface area contributed by atoms with Crippen LogP contribution in [0.15, 0.2) is 35.9 Å². The van der Waals surface area contributed by atoms with E-state index < -0.39 is 0 Å². The second kappa shape index (κ2) is 4.71. The molecule has 1 aliphatic carbocycles. The first-order chi connectivity index (χ1) is 7.70. The molecule has 0 aliphatic heterocycles. The SMILES string of the molecule is COc1ccccc1C1CC(C)=CC(O)C1. The molecule has 0 spiro atoms. The number of benzene rings is 1. The average Bonchev–Trinajstić information content (AvgIpc) is 2.27. The molecule has 0 saturated heterocycles. The van der Waals surface area contributed by atoms with Crippen LogP contribution in [0.4, 0.5) is 0 Å². The third-order valence-corrected chi connectivity index (χ3v) is 3.15. The van der Waals surface area contributed by atoms with Crippen LogP contribution in [-0.2, 0) is 0 Å². The van der Waals surface area contributed by atoms with E-state index in [1.807, 2.05) is 24.3 Å². The molecule has 1 aromatic rings. The summed E-state index contributed by atoms with van der Waals surface area (Å²) >= 11 is 0. The van der Waals surface area contributed by atoms with E-state index in [9.17, 15) is 5.11 Å². The topological polar surface area (TPSA) is 29.5 Å². The van der Waals surface area contributed by atoms with Crippen molar-refractivity contribution in [3.05, 3.63) is 41.5 Å². The number of hydrogen-bond donors (Lipinski definition) is 1. The van der Waals surface area contributed by atoms with Crippen molar-refractivity contribution >= 4 is 0 Å². The highest BCUT2D eigenvalue weighted by Gasteiger charge is 2.22. The minimum Gasteiger partial charge on any atom is -0.496 e. The number of allylic oxidation sites excluding steroid dienone is 1. The monoisotopic (exact) mass is 218 g/mol. The molecular weight excluding hydrogens is 200 g/mol. The number of hydrogen-bond acceptors (Lipinski definition) is 2. The zero-order chi connectivity index (χ0) is 11.5. The zero-order valence-corrected chi connectivity index (χ0v) is 9.81. The number of para-hydroxylation sites is 1. The summed E-state index contributed by atoms with van der Waals surface area (Å²) in [6.07, 6.45) is 3.44. The first-order valence-corrected chi connectivity index (χ1v) is 5.69. The lowest BCUT2D eigenvalue weighted by molar-refractivity contribution is 0.192. The van der Waals surface area contributed by atoms with Crippen LogP contribution in [0.5, 0.6) is 5.75 Å². The summed E-state index contributed by atoms with van der Waals surface area (Å²) in [5.41, 5.74) is 2.46. The Kier molecular flexibility index (Phi) is 3.30. The second-order valence-corrected chi connectivity index (χ2v) is 4.46. The first kappa shape index (κ1) is 11.2. The van der Waals surface area contributed by atoms with E-state index in [4.69, 9.17) is 4.74 Å². The van der Waals surface area contributed by atoms with Crippen LogP contribution >= 0.6 is 0 Å². The minimum atomic E-state index is -0.316. The largest absolute Gasteiger partial charge is 0.496 e. The van der Waals surface area contributed by atoms with Gasteiger partial charge in [0.05, 0.1) is 13.2 Å². The minimum absolute atomic E-state index is 0.316. The maximum absolute atomic E-state index is 9.76. The van der Waals surface area contributed by atoms with E-state index >= 15 is 0 Å². The van der Waals surface area contributed by atoms with Crippen molar-refractivity contribution in [2.75, 3.05) is 7.11 Å². The summed E-state index contributed by atoms with van der Waals surface area (Å²) in [5.74, 6) is 1.30. The molecule has 2 heteroatoms. The lowest BCUT2D eigenvalue weighted by Gasteiger charge is -2.26. The molecule has 2 unspecified atom stereocenters. The zero-order valence-electron chi connectivity index (χ0n) is 9.81. The fourth-order valence-corrected chi connectivity index (χ4v) is 2.47. The number of aliphatic hydroxyl groups is 1. The number of aliphatic hydroxyl groups excluding tert-OH is 1. The van der Waals surface area contributed by atoms with Crippen LogP contribution < -0.4 is 4.74 Å². The van der Waals surface area contributed by atoms with Gasteiger partial charge in [-0.1, -0.05) is 29.8 Å². The summed E-state index contributed by atoms with van der Waals surface area (Å²) in [5, 5.41) is 9.76. The molecule has 0 heterocycles. The highest BCUT2D eigenvalue weighted by Crippen LogP contribution is 2.37. The Labute approximate surface area is 96.6 Å². The molecule has 2 atom stereocenters. The Bertz CT molecular complexity index is 395. The summed E-state index contributed by atoms with van der Waals surface area (Å²) in [6, 6.07) is 8.08. The van der Waals surface area contributed by atoms with E-state index in [0.29, 0.717) is 5.92 Å². The van der Waals surface area contributed by atoms with Crippen molar-refractivity contribution < 1.29 is 9.84 Å². The quantitative estimate of drug-likeness (QED) is 0.773. The van der Waals surface area contributed by atoms with Crippen LogP contribution in [0.2, 0.25) is 0 Å². The van der Waals surface area contributed by atoms with Crippen LogP contribution in [0, 0.1) is 0 Å². The summed E-state index contributed by atoms with van der Waals surface area (Å²) in [4.78, 5) is 0. The van der Waals surface area contributed by atoms with Gasteiger partial charge < -0.3 is 9.84 Å². The third-order valence-electron chi connectivity index (χ3n) is 3.15. The molecule has 1 aromatic carbocycles. The predicted octanol–water partition coefficient (Wildman–Crippen LogP) is 2.88. The summed E-state index contributed by atoms with van der Waals surface area (Å²) < 4.78 is 5.37. The van der Waals surface area contributed by atoms with E-state index in [2.05, 4.69) is 13.0 Å². The first-order valence-electron chi connectivity index (χ1n) is 5.69. The van der Waals surface area contributed by atoms with Crippen molar-refractivity contribution in [3.8, 4) is 5.75 Å². The average molecular weight is 218 g/mol. The Balaban J connectivity index is 2.28. The molecule has 0 saturated carbocycles. The molecule has 2 rings (SSSR count). The molecule has 1 N–H and O–H groups in total. The molecule has 2 nitrogen and oxygen atoms in total. The van der Waals surface area contributed by atoms with Gasteiger partial charge in [0.1, 0.15) is 5.75 Å². The molecular formula is C14H18O2. The van der Waals surface area contributed by atoms with Gasteiger partial charge in [0.2, 0.25) is 0 Å². The lowest BCUT2D eigenvalue weighted by atomic mass is 9.82. The van der Waals surface area contributed by atoms with Gasteiger partial charge in [-0.25, -0.2) is 0 Å². The Morgan fingerprint density at radius 1 is 1.31 bits per heavy atom. The molecule has 86 valence electrons. The van der Waals surface area contributed by atoms with Gasteiger partial charge in [-0.05, 0) is 37.3 Å². The van der Waals surface area contributed by atoms with Gasteiger partial charge in [0.25, 0.3) is 0 Å². The highest BCUT2D eigenvalue weighted by atomic mass is 16.5. The predicted molar refractivity (Wildman–Crippen MR) is 64.7 cm³/mol. The van der Waals surface area contributed by atoms with E-state index in [1.54, 1.807) is 7.11 Å². The number of ether oxygens (including phenoxy) is 1. The van der Waals surface area contributed by atoms with Gasteiger partial charge in [-0.3, -0.25) is 0 Å². The van der Waals surface area contributed by atoms with Crippen LogP contribution in [0.1, 0.15) is 31.2 Å². The van der Waals surface area contributed by atoms with Crippen molar-refractivity contribution in [3.63, 3.8) is 0 Å². The van der Waals surface area contributed by atoms with Gasteiger partial charge in [0, 0.05) is 0 Å². The smallest absolute Gasteiger partial charge is 0.122 e. The third kappa shape index (κ3) is 2.27. The fraction of sp³-hybridized carbons (Fsp3) is 0.429. The normalized spacial score (nSPS) is 25.1. The van der Waals surface area contributed by atoms with Crippen LogP contribution in [0.25, 0.3) is 0 Å². The van der Waals surface area contributed by atoms with Crippen molar-refractivity contribution in [1.82, 2.24) is 0 Å². The molecule has 16 heavy (non-hydrogen) atoms. The van der Waals surface area contributed by atoms with Crippen molar-refractivity contribution in [2.45, 2.75) is 31.8 Å². The lowest BCUT2D eigenvalue weighted by Crippen LogP contribution is -2.16. The van der Waals surface area contributed by atoms with E-state index in [0.717, 1.165) is 18.6 Å². The maximum Gasteiger partial charge on any atom is 0.122 e. The van der Waals surface area contributed by atoms with Crippen LogP contribution in [0.3, 0.4) is 0 Å². The molecule has 0 fully saturated rings. The van der Waals surface area contributed by atoms with Crippen molar-refractivity contribution in [2.24, 2.45) is 0 Å². The van der Waals surface area contributed by atoms with Crippen molar-refractivity contribution in [1.29, 1.82) is 0 Å². The summed E-state index contributed by atoms with van der Waals surface area (Å²) in [7, 11) is 1.70. The summed E-state index contributed by atoms with van der Waals surface area (Å²) in [6.45, 7) is 2.07. The van der Waals surface area contributed by atoms with Gasteiger partial charge >= 0.3 is 0 Å². The molecule has 1 aliphatic rings.